The minimum Gasteiger partial charge on any atom is -0.481 e. The SMILES string of the molecule is COc1cc(CNC(=O)N[C@H](C)C(=O)N2CCCC[C@H]2C)ccn1. The summed E-state index contributed by atoms with van der Waals surface area (Å²) in [6.07, 6.45) is 4.83. The third kappa shape index (κ3) is 4.84. The Hall–Kier alpha value is -2.31. The van der Waals surface area contributed by atoms with E-state index in [4.69, 9.17) is 4.74 Å². The summed E-state index contributed by atoms with van der Waals surface area (Å²) in [6.45, 7) is 4.88. The Morgan fingerprint density at radius 2 is 2.25 bits per heavy atom. The van der Waals surface area contributed by atoms with E-state index in [1.807, 2.05) is 4.90 Å². The number of piperidine rings is 1. The fourth-order valence-corrected chi connectivity index (χ4v) is 2.84. The van der Waals surface area contributed by atoms with Crippen LogP contribution in [-0.4, -0.2) is 47.6 Å². The first kappa shape index (κ1) is 18.0. The highest BCUT2D eigenvalue weighted by atomic mass is 16.5. The minimum atomic E-state index is -0.544. The highest BCUT2D eigenvalue weighted by Crippen LogP contribution is 2.17. The maximum absolute atomic E-state index is 12.5. The molecule has 0 spiro atoms. The molecule has 1 aromatic rings. The van der Waals surface area contributed by atoms with Crippen LogP contribution in [0.25, 0.3) is 0 Å². The predicted molar refractivity (Wildman–Crippen MR) is 90.6 cm³/mol. The highest BCUT2D eigenvalue weighted by molar-refractivity contribution is 5.87. The molecule has 1 aliphatic rings. The Labute approximate surface area is 142 Å². The van der Waals surface area contributed by atoms with Crippen LogP contribution < -0.4 is 15.4 Å². The van der Waals surface area contributed by atoms with E-state index in [0.717, 1.165) is 31.4 Å². The molecule has 24 heavy (non-hydrogen) atoms. The Balaban J connectivity index is 1.81. The molecule has 7 nitrogen and oxygen atoms in total. The number of hydrogen-bond acceptors (Lipinski definition) is 4. The zero-order valence-electron chi connectivity index (χ0n) is 14.5. The third-order valence-electron chi connectivity index (χ3n) is 4.27. The number of ether oxygens (including phenoxy) is 1. The van der Waals surface area contributed by atoms with Gasteiger partial charge in [-0.15, -0.1) is 0 Å². The quantitative estimate of drug-likeness (QED) is 0.858. The molecule has 1 aromatic heterocycles. The monoisotopic (exact) mass is 334 g/mol. The molecule has 0 aliphatic carbocycles. The Morgan fingerprint density at radius 1 is 1.46 bits per heavy atom. The van der Waals surface area contributed by atoms with Crippen molar-refractivity contribution in [3.05, 3.63) is 23.9 Å². The summed E-state index contributed by atoms with van der Waals surface area (Å²) in [7, 11) is 1.54. The standard InChI is InChI=1S/C17H26N4O3/c1-12-6-4-5-9-21(12)16(22)13(2)20-17(23)19-11-14-7-8-18-15(10-14)24-3/h7-8,10,12-13H,4-6,9,11H2,1-3H3,(H2,19,20,23)/t12-,13-/m1/s1. The molecule has 1 saturated heterocycles. The number of hydrogen-bond donors (Lipinski definition) is 2. The second kappa shape index (κ2) is 8.52. The number of aromatic nitrogens is 1. The Morgan fingerprint density at radius 3 is 2.96 bits per heavy atom. The number of carbonyl (C=O) groups is 2. The second-order valence-electron chi connectivity index (χ2n) is 6.13. The van der Waals surface area contributed by atoms with Crippen LogP contribution in [0.15, 0.2) is 18.3 Å². The van der Waals surface area contributed by atoms with Crippen LogP contribution in [0.2, 0.25) is 0 Å². The maximum Gasteiger partial charge on any atom is 0.315 e. The first-order valence-electron chi connectivity index (χ1n) is 8.35. The number of likely N-dealkylation sites (tertiary alicyclic amines) is 1. The zero-order chi connectivity index (χ0) is 17.5. The van der Waals surface area contributed by atoms with Crippen molar-refractivity contribution in [2.45, 2.75) is 51.7 Å². The summed E-state index contributed by atoms with van der Waals surface area (Å²) in [5.74, 6) is 0.472. The number of amides is 3. The molecule has 2 rings (SSSR count). The summed E-state index contributed by atoms with van der Waals surface area (Å²) in [4.78, 5) is 30.3. The van der Waals surface area contributed by atoms with Crippen molar-refractivity contribution >= 4 is 11.9 Å². The number of carbonyl (C=O) groups excluding carboxylic acids is 2. The van der Waals surface area contributed by atoms with Gasteiger partial charge in [-0.3, -0.25) is 4.79 Å². The average molecular weight is 334 g/mol. The minimum absolute atomic E-state index is 0.0251. The number of pyridine rings is 1. The van der Waals surface area contributed by atoms with E-state index < -0.39 is 6.04 Å². The van der Waals surface area contributed by atoms with Crippen LogP contribution in [0, 0.1) is 0 Å². The number of urea groups is 1. The van der Waals surface area contributed by atoms with Crippen molar-refractivity contribution < 1.29 is 14.3 Å². The third-order valence-corrected chi connectivity index (χ3v) is 4.27. The lowest BCUT2D eigenvalue weighted by Gasteiger charge is -2.35. The van der Waals surface area contributed by atoms with E-state index in [1.54, 1.807) is 32.4 Å². The molecule has 0 unspecified atom stereocenters. The molecule has 1 fully saturated rings. The van der Waals surface area contributed by atoms with E-state index in [1.165, 1.54) is 0 Å². The largest absolute Gasteiger partial charge is 0.481 e. The fraction of sp³-hybridized carbons (Fsp3) is 0.588. The predicted octanol–water partition coefficient (Wildman–Crippen LogP) is 1.68. The summed E-state index contributed by atoms with van der Waals surface area (Å²) < 4.78 is 5.05. The number of nitrogens with zero attached hydrogens (tertiary/aromatic N) is 2. The average Bonchev–Trinajstić information content (AvgIpc) is 2.60. The van der Waals surface area contributed by atoms with Gasteiger partial charge in [-0.2, -0.15) is 0 Å². The van der Waals surface area contributed by atoms with E-state index >= 15 is 0 Å². The molecule has 3 amide bonds. The zero-order valence-corrected chi connectivity index (χ0v) is 14.5. The van der Waals surface area contributed by atoms with Crippen LogP contribution in [0.4, 0.5) is 4.79 Å². The van der Waals surface area contributed by atoms with Gasteiger partial charge in [-0.05, 0) is 44.7 Å². The molecule has 1 aliphatic heterocycles. The van der Waals surface area contributed by atoms with Crippen molar-refractivity contribution in [1.29, 1.82) is 0 Å². The number of nitrogens with one attached hydrogen (secondary N) is 2. The summed E-state index contributed by atoms with van der Waals surface area (Å²) in [5, 5.41) is 5.45. The van der Waals surface area contributed by atoms with Crippen molar-refractivity contribution in [2.75, 3.05) is 13.7 Å². The van der Waals surface area contributed by atoms with Gasteiger partial charge in [0.05, 0.1) is 7.11 Å². The molecule has 2 atom stereocenters. The van der Waals surface area contributed by atoms with Crippen molar-refractivity contribution in [1.82, 2.24) is 20.5 Å². The highest BCUT2D eigenvalue weighted by Gasteiger charge is 2.27. The van der Waals surface area contributed by atoms with Gasteiger partial charge in [0.2, 0.25) is 11.8 Å². The van der Waals surface area contributed by atoms with Crippen LogP contribution in [0.3, 0.4) is 0 Å². The molecule has 132 valence electrons. The van der Waals surface area contributed by atoms with Gasteiger partial charge in [0.25, 0.3) is 0 Å². The fourth-order valence-electron chi connectivity index (χ4n) is 2.84. The van der Waals surface area contributed by atoms with Gasteiger partial charge in [0, 0.05) is 31.4 Å². The van der Waals surface area contributed by atoms with Crippen molar-refractivity contribution in [2.24, 2.45) is 0 Å². The summed E-state index contributed by atoms with van der Waals surface area (Å²) in [5.41, 5.74) is 0.876. The topological polar surface area (TPSA) is 83.6 Å². The molecule has 2 heterocycles. The van der Waals surface area contributed by atoms with Gasteiger partial charge >= 0.3 is 6.03 Å². The normalized spacial score (nSPS) is 18.6. The lowest BCUT2D eigenvalue weighted by atomic mass is 10.0. The van der Waals surface area contributed by atoms with E-state index in [0.29, 0.717) is 12.4 Å². The second-order valence-corrected chi connectivity index (χ2v) is 6.13. The molecular formula is C17H26N4O3. The van der Waals surface area contributed by atoms with Gasteiger partial charge in [-0.1, -0.05) is 0 Å². The number of rotatable bonds is 5. The smallest absolute Gasteiger partial charge is 0.315 e. The first-order chi connectivity index (χ1) is 11.5. The molecule has 7 heteroatoms. The Bertz CT molecular complexity index is 579. The van der Waals surface area contributed by atoms with Crippen LogP contribution in [0.1, 0.15) is 38.7 Å². The van der Waals surface area contributed by atoms with Crippen LogP contribution >= 0.6 is 0 Å². The molecule has 2 N–H and O–H groups in total. The van der Waals surface area contributed by atoms with Gasteiger partial charge in [0.15, 0.2) is 0 Å². The molecule has 0 aromatic carbocycles. The lowest BCUT2D eigenvalue weighted by molar-refractivity contribution is -0.136. The van der Waals surface area contributed by atoms with E-state index in [9.17, 15) is 9.59 Å². The van der Waals surface area contributed by atoms with Crippen LogP contribution in [-0.2, 0) is 11.3 Å². The van der Waals surface area contributed by atoms with E-state index in [-0.39, 0.29) is 18.0 Å². The molecular weight excluding hydrogens is 308 g/mol. The lowest BCUT2D eigenvalue weighted by Crippen LogP contribution is -2.53. The van der Waals surface area contributed by atoms with Crippen molar-refractivity contribution in [3.8, 4) is 5.88 Å². The molecule has 0 radical (unpaired) electrons. The Kier molecular flexibility index (Phi) is 6.40. The summed E-state index contributed by atoms with van der Waals surface area (Å²) in [6, 6.07) is 2.88. The maximum atomic E-state index is 12.5. The molecule has 0 saturated carbocycles. The van der Waals surface area contributed by atoms with Crippen molar-refractivity contribution in [3.63, 3.8) is 0 Å². The molecule has 0 bridgehead atoms. The van der Waals surface area contributed by atoms with Gasteiger partial charge in [0.1, 0.15) is 6.04 Å². The van der Waals surface area contributed by atoms with Crippen LogP contribution in [0.5, 0.6) is 5.88 Å². The number of methoxy groups -OCH3 is 1. The first-order valence-corrected chi connectivity index (χ1v) is 8.35. The van der Waals surface area contributed by atoms with E-state index in [2.05, 4.69) is 22.5 Å². The summed E-state index contributed by atoms with van der Waals surface area (Å²) >= 11 is 0. The van der Waals surface area contributed by atoms with Gasteiger partial charge < -0.3 is 20.3 Å². The van der Waals surface area contributed by atoms with Gasteiger partial charge in [-0.25, -0.2) is 9.78 Å².